The van der Waals surface area contributed by atoms with Crippen LogP contribution in [0.25, 0.3) is 5.76 Å². The fraction of sp³-hybridized carbons (Fsp3) is 0.391. The zero-order chi connectivity index (χ0) is 21.7. The second-order valence-electron chi connectivity index (χ2n) is 6.99. The predicted molar refractivity (Wildman–Crippen MR) is 113 cm³/mol. The Bertz CT molecular complexity index is 898. The lowest BCUT2D eigenvalue weighted by atomic mass is 9.99. The van der Waals surface area contributed by atoms with Gasteiger partial charge in [0.05, 0.1) is 18.4 Å². The topological polar surface area (TPSA) is 83.2 Å². The van der Waals surface area contributed by atoms with Gasteiger partial charge >= 0.3 is 0 Å². The third-order valence-corrected chi connectivity index (χ3v) is 5.34. The van der Waals surface area contributed by atoms with Crippen LogP contribution >= 0.6 is 0 Å². The first kappa shape index (κ1) is 21.6. The maximum atomic E-state index is 12.9. The summed E-state index contributed by atoms with van der Waals surface area (Å²) in [5.41, 5.74) is 0.482. The van der Waals surface area contributed by atoms with Crippen LogP contribution in [0, 0.1) is 0 Å². The lowest BCUT2D eigenvalue weighted by Crippen LogP contribution is -2.37. The number of likely N-dealkylation sites (tertiary alicyclic amines) is 1. The van der Waals surface area contributed by atoms with Gasteiger partial charge in [0, 0.05) is 18.7 Å². The molecule has 30 heavy (non-hydrogen) atoms. The van der Waals surface area contributed by atoms with Crippen LogP contribution in [0.1, 0.15) is 38.1 Å². The minimum absolute atomic E-state index is 0.0404. The number of benzene rings is 1. The summed E-state index contributed by atoms with van der Waals surface area (Å²) >= 11 is 0. The Morgan fingerprint density at radius 3 is 2.40 bits per heavy atom. The highest BCUT2D eigenvalue weighted by atomic mass is 16.5. The number of ketones is 1. The first-order valence-corrected chi connectivity index (χ1v) is 10.3. The number of aliphatic hydroxyl groups is 1. The minimum atomic E-state index is -0.762. The van der Waals surface area contributed by atoms with Crippen LogP contribution in [-0.2, 0) is 9.59 Å². The first-order valence-electron chi connectivity index (χ1n) is 10.3. The number of ether oxygens (including phenoxy) is 1. The van der Waals surface area contributed by atoms with E-state index in [0.717, 1.165) is 13.1 Å². The van der Waals surface area contributed by atoms with Crippen LogP contribution in [0.15, 0.2) is 52.7 Å². The van der Waals surface area contributed by atoms with Gasteiger partial charge < -0.3 is 24.1 Å². The summed E-state index contributed by atoms with van der Waals surface area (Å²) in [6, 6.07) is 9.44. The van der Waals surface area contributed by atoms with E-state index < -0.39 is 17.7 Å². The van der Waals surface area contributed by atoms with E-state index in [-0.39, 0.29) is 11.3 Å². The van der Waals surface area contributed by atoms with Gasteiger partial charge in [-0.15, -0.1) is 0 Å². The van der Waals surface area contributed by atoms with E-state index in [1.165, 1.54) is 11.2 Å². The summed E-state index contributed by atoms with van der Waals surface area (Å²) in [5, 5.41) is 11.0. The second-order valence-corrected chi connectivity index (χ2v) is 6.99. The summed E-state index contributed by atoms with van der Waals surface area (Å²) in [6.45, 7) is 9.19. The Balaban J connectivity index is 1.99. The van der Waals surface area contributed by atoms with E-state index in [9.17, 15) is 14.7 Å². The van der Waals surface area contributed by atoms with Gasteiger partial charge in [-0.3, -0.25) is 9.59 Å². The summed E-state index contributed by atoms with van der Waals surface area (Å²) in [6.07, 6.45) is 1.50. The molecule has 1 unspecified atom stereocenters. The van der Waals surface area contributed by atoms with Crippen molar-refractivity contribution in [3.63, 3.8) is 0 Å². The molecule has 0 aliphatic carbocycles. The van der Waals surface area contributed by atoms with Crippen LogP contribution < -0.4 is 4.74 Å². The summed E-state index contributed by atoms with van der Waals surface area (Å²) < 4.78 is 11.0. The Morgan fingerprint density at radius 2 is 1.83 bits per heavy atom. The third kappa shape index (κ3) is 4.26. The van der Waals surface area contributed by atoms with Gasteiger partial charge in [0.15, 0.2) is 0 Å². The number of hydrogen-bond donors (Lipinski definition) is 1. The molecule has 1 saturated heterocycles. The number of nitrogens with zero attached hydrogens (tertiary/aromatic N) is 2. The van der Waals surface area contributed by atoms with Gasteiger partial charge in [-0.2, -0.15) is 0 Å². The van der Waals surface area contributed by atoms with E-state index in [2.05, 4.69) is 4.90 Å². The number of hydrogen-bond acceptors (Lipinski definition) is 6. The van der Waals surface area contributed by atoms with Gasteiger partial charge in [-0.25, -0.2) is 0 Å². The molecule has 0 spiro atoms. The first-order chi connectivity index (χ1) is 14.5. The van der Waals surface area contributed by atoms with Crippen LogP contribution in [0.2, 0.25) is 0 Å². The SMILES string of the molecule is CCOc1ccc(/C(O)=C2/C(=O)C(=O)N(CCN(CC)CC)C2c2ccco2)cc1. The summed E-state index contributed by atoms with van der Waals surface area (Å²) in [4.78, 5) is 29.4. The van der Waals surface area contributed by atoms with Gasteiger partial charge in [-0.05, 0) is 56.4 Å². The average molecular weight is 412 g/mol. The molecule has 3 rings (SSSR count). The number of amides is 1. The average Bonchev–Trinajstić information content (AvgIpc) is 3.37. The van der Waals surface area contributed by atoms with Crippen molar-refractivity contribution < 1.29 is 23.8 Å². The number of carbonyl (C=O) groups excluding carboxylic acids is 2. The van der Waals surface area contributed by atoms with Crippen molar-refractivity contribution in [1.29, 1.82) is 0 Å². The van der Waals surface area contributed by atoms with E-state index in [4.69, 9.17) is 9.15 Å². The molecule has 2 aromatic rings. The van der Waals surface area contributed by atoms with Crippen molar-refractivity contribution >= 4 is 17.4 Å². The molecule has 0 radical (unpaired) electrons. The van der Waals surface area contributed by atoms with Gasteiger partial charge in [0.2, 0.25) is 0 Å². The highest BCUT2D eigenvalue weighted by Gasteiger charge is 2.47. The van der Waals surface area contributed by atoms with E-state index >= 15 is 0 Å². The van der Waals surface area contributed by atoms with E-state index in [1.807, 2.05) is 20.8 Å². The van der Waals surface area contributed by atoms with E-state index in [0.29, 0.717) is 36.8 Å². The largest absolute Gasteiger partial charge is 0.507 e. The number of likely N-dealkylation sites (N-methyl/N-ethyl adjacent to an activating group) is 1. The molecular weight excluding hydrogens is 384 g/mol. The third-order valence-electron chi connectivity index (χ3n) is 5.34. The molecule has 0 saturated carbocycles. The maximum absolute atomic E-state index is 12.9. The predicted octanol–water partition coefficient (Wildman–Crippen LogP) is 3.44. The number of rotatable bonds is 9. The van der Waals surface area contributed by atoms with E-state index in [1.54, 1.807) is 36.4 Å². The van der Waals surface area contributed by atoms with Crippen molar-refractivity contribution in [2.75, 3.05) is 32.8 Å². The quantitative estimate of drug-likeness (QED) is 0.386. The number of carbonyl (C=O) groups is 2. The highest BCUT2D eigenvalue weighted by Crippen LogP contribution is 2.39. The number of furan rings is 1. The second kappa shape index (κ2) is 9.63. The monoisotopic (exact) mass is 412 g/mol. The van der Waals surface area contributed by atoms with Gasteiger partial charge in [-0.1, -0.05) is 13.8 Å². The van der Waals surface area contributed by atoms with Crippen LogP contribution in [0.4, 0.5) is 0 Å². The molecule has 1 aliphatic heterocycles. The fourth-order valence-corrected chi connectivity index (χ4v) is 3.67. The molecule has 0 bridgehead atoms. The van der Waals surface area contributed by atoms with Crippen molar-refractivity contribution in [2.24, 2.45) is 0 Å². The Morgan fingerprint density at radius 1 is 1.13 bits per heavy atom. The molecule has 7 nitrogen and oxygen atoms in total. The van der Waals surface area contributed by atoms with Crippen molar-refractivity contribution in [3.05, 3.63) is 59.6 Å². The number of aliphatic hydroxyl groups excluding tert-OH is 1. The summed E-state index contributed by atoms with van der Waals surface area (Å²) in [7, 11) is 0. The normalized spacial score (nSPS) is 18.4. The van der Waals surface area contributed by atoms with Crippen molar-refractivity contribution in [1.82, 2.24) is 9.80 Å². The smallest absolute Gasteiger partial charge is 0.295 e. The maximum Gasteiger partial charge on any atom is 0.295 e. The summed E-state index contributed by atoms with van der Waals surface area (Å²) in [5.74, 6) is -0.445. The van der Waals surface area contributed by atoms with Gasteiger partial charge in [0.1, 0.15) is 23.3 Å². The molecule has 1 aromatic carbocycles. The Labute approximate surface area is 176 Å². The molecule has 160 valence electrons. The van der Waals surface area contributed by atoms with Gasteiger partial charge in [0.25, 0.3) is 11.7 Å². The van der Waals surface area contributed by atoms with Crippen molar-refractivity contribution in [3.8, 4) is 5.75 Å². The molecule has 1 atom stereocenters. The molecule has 7 heteroatoms. The lowest BCUT2D eigenvalue weighted by Gasteiger charge is -2.26. The zero-order valence-electron chi connectivity index (χ0n) is 17.6. The Kier molecular flexibility index (Phi) is 6.95. The minimum Gasteiger partial charge on any atom is -0.507 e. The van der Waals surface area contributed by atoms with Crippen LogP contribution in [-0.4, -0.2) is 59.4 Å². The van der Waals surface area contributed by atoms with Crippen molar-refractivity contribution in [2.45, 2.75) is 26.8 Å². The zero-order valence-corrected chi connectivity index (χ0v) is 17.6. The molecular formula is C23H28N2O5. The Hall–Kier alpha value is -3.06. The lowest BCUT2D eigenvalue weighted by molar-refractivity contribution is -0.140. The molecule has 1 fully saturated rings. The molecule has 1 amide bonds. The molecule has 2 heterocycles. The molecule has 1 N–H and O–H groups in total. The molecule has 1 aliphatic rings. The van der Waals surface area contributed by atoms with Crippen LogP contribution in [0.3, 0.4) is 0 Å². The highest BCUT2D eigenvalue weighted by molar-refractivity contribution is 6.46. The fourth-order valence-electron chi connectivity index (χ4n) is 3.67. The van der Waals surface area contributed by atoms with Crippen LogP contribution in [0.5, 0.6) is 5.75 Å². The standard InChI is InChI=1S/C23H28N2O5/c1-4-24(5-2)13-14-25-20(18-8-7-15-30-18)19(22(27)23(25)28)21(26)16-9-11-17(12-10-16)29-6-3/h7-12,15,20,26H,4-6,13-14H2,1-3H3/b21-19-. The molecule has 1 aromatic heterocycles. The number of Topliss-reactive ketones (excluding diaryl/α,β-unsaturated/α-hetero) is 1.